The Hall–Kier alpha value is -1.59. The van der Waals surface area contributed by atoms with Crippen molar-refractivity contribution < 1.29 is 4.92 Å². The van der Waals surface area contributed by atoms with Gasteiger partial charge in [-0.05, 0) is 46.9 Å². The van der Waals surface area contributed by atoms with Crippen LogP contribution in [0.2, 0.25) is 0 Å². The molecule has 2 aliphatic rings. The lowest BCUT2D eigenvalue weighted by Crippen LogP contribution is -2.21. The molecule has 3 atom stereocenters. The van der Waals surface area contributed by atoms with Crippen molar-refractivity contribution in [3.05, 3.63) is 16.4 Å². The number of nitrogens with one attached hydrogen (secondary N) is 1. The number of anilines is 1. The van der Waals surface area contributed by atoms with Crippen LogP contribution in [0.3, 0.4) is 0 Å². The Morgan fingerprint density at radius 2 is 2.39 bits per heavy atom. The molecule has 0 amide bonds. The van der Waals surface area contributed by atoms with Gasteiger partial charge in [0.1, 0.15) is 0 Å². The first-order valence-electron chi connectivity index (χ1n) is 6.54. The predicted octanol–water partition coefficient (Wildman–Crippen LogP) is 2.18. The highest BCUT2D eigenvalue weighted by Gasteiger charge is 2.39. The molecule has 2 saturated carbocycles. The third-order valence-corrected chi connectivity index (χ3v) is 4.51. The van der Waals surface area contributed by atoms with E-state index in [0.29, 0.717) is 11.7 Å². The summed E-state index contributed by atoms with van der Waals surface area (Å²) < 4.78 is 1.69. The topological polar surface area (TPSA) is 73.0 Å². The van der Waals surface area contributed by atoms with Gasteiger partial charge in [0.2, 0.25) is 12.1 Å². The number of hydrogen-bond acceptors (Lipinski definition) is 4. The highest BCUT2D eigenvalue weighted by Crippen LogP contribution is 2.48. The third-order valence-electron chi connectivity index (χ3n) is 4.51. The Labute approximate surface area is 106 Å². The molecule has 2 fully saturated rings. The maximum atomic E-state index is 10.8. The lowest BCUT2D eigenvalue weighted by Gasteiger charge is -2.22. The first kappa shape index (κ1) is 11.5. The zero-order valence-electron chi connectivity index (χ0n) is 10.5. The number of nitro groups is 1. The Kier molecular flexibility index (Phi) is 2.72. The molecule has 2 bridgehead atoms. The van der Waals surface area contributed by atoms with Crippen LogP contribution in [0.4, 0.5) is 11.6 Å². The van der Waals surface area contributed by atoms with Crippen LogP contribution in [0.25, 0.3) is 0 Å². The lowest BCUT2D eigenvalue weighted by molar-refractivity contribution is -0.388. The number of nitrogens with zero attached hydrogens (tertiary/aromatic N) is 3. The molecule has 18 heavy (non-hydrogen) atoms. The van der Waals surface area contributed by atoms with Crippen LogP contribution in [-0.2, 0) is 7.05 Å². The van der Waals surface area contributed by atoms with Crippen LogP contribution in [-0.4, -0.2) is 21.0 Å². The van der Waals surface area contributed by atoms with E-state index in [-0.39, 0.29) is 5.82 Å². The van der Waals surface area contributed by atoms with Gasteiger partial charge in [0, 0.05) is 13.6 Å². The van der Waals surface area contributed by atoms with Gasteiger partial charge in [-0.3, -0.25) is 4.57 Å². The van der Waals surface area contributed by atoms with Gasteiger partial charge in [-0.25, -0.2) is 0 Å². The number of aryl methyl sites for hydroxylation is 1. The minimum atomic E-state index is -0.427. The molecule has 3 rings (SSSR count). The Morgan fingerprint density at radius 1 is 1.56 bits per heavy atom. The van der Waals surface area contributed by atoms with Crippen molar-refractivity contribution in [3.8, 4) is 0 Å². The van der Waals surface area contributed by atoms with E-state index < -0.39 is 4.92 Å². The first-order chi connectivity index (χ1) is 8.65. The molecule has 1 aromatic rings. The molecule has 1 heterocycles. The van der Waals surface area contributed by atoms with Crippen LogP contribution >= 0.6 is 0 Å². The average Bonchev–Trinajstić information content (AvgIpc) is 3.01. The van der Waals surface area contributed by atoms with E-state index in [4.69, 9.17) is 0 Å². The van der Waals surface area contributed by atoms with Crippen molar-refractivity contribution in [1.82, 2.24) is 9.55 Å². The van der Waals surface area contributed by atoms with Crippen LogP contribution in [0.1, 0.15) is 25.7 Å². The fourth-order valence-electron chi connectivity index (χ4n) is 3.61. The van der Waals surface area contributed by atoms with Crippen molar-refractivity contribution in [1.29, 1.82) is 0 Å². The molecule has 0 aliphatic heterocycles. The maximum absolute atomic E-state index is 10.8. The molecular weight excluding hydrogens is 232 g/mol. The molecule has 0 spiro atoms. The summed E-state index contributed by atoms with van der Waals surface area (Å²) in [6.07, 6.45) is 6.85. The van der Waals surface area contributed by atoms with E-state index in [9.17, 15) is 10.1 Å². The molecule has 0 radical (unpaired) electrons. The zero-order chi connectivity index (χ0) is 12.7. The summed E-state index contributed by atoms with van der Waals surface area (Å²) in [6.45, 7) is 0.835. The summed E-state index contributed by atoms with van der Waals surface area (Å²) in [7, 11) is 1.78. The fraction of sp³-hybridized carbons (Fsp3) is 0.750. The molecular formula is C12H18N4O2. The smallest absolute Gasteiger partial charge is 0.364 e. The first-order valence-corrected chi connectivity index (χ1v) is 6.54. The van der Waals surface area contributed by atoms with Crippen molar-refractivity contribution in [3.63, 3.8) is 0 Å². The molecule has 98 valence electrons. The quantitative estimate of drug-likeness (QED) is 0.656. The highest BCUT2D eigenvalue weighted by molar-refractivity contribution is 5.52. The van der Waals surface area contributed by atoms with Gasteiger partial charge < -0.3 is 15.4 Å². The minimum absolute atomic E-state index is 0.0688. The van der Waals surface area contributed by atoms with Crippen LogP contribution in [0, 0.1) is 27.9 Å². The third kappa shape index (κ3) is 1.85. The zero-order valence-corrected chi connectivity index (χ0v) is 10.5. The molecule has 0 aromatic carbocycles. The molecule has 0 saturated heterocycles. The Morgan fingerprint density at radius 3 is 3.00 bits per heavy atom. The average molecular weight is 250 g/mol. The predicted molar refractivity (Wildman–Crippen MR) is 67.3 cm³/mol. The number of aromatic nitrogens is 2. The van der Waals surface area contributed by atoms with Gasteiger partial charge in [0.05, 0.1) is 0 Å². The van der Waals surface area contributed by atoms with Gasteiger partial charge in [0.15, 0.2) is 0 Å². The standard InChI is InChI=1S/C12H18N4O2/c1-15-7-14-12(16(17)18)11(15)13-6-10-5-8-2-3-9(10)4-8/h7-10,13H,2-6H2,1H3. The summed E-state index contributed by atoms with van der Waals surface area (Å²) in [4.78, 5) is 14.2. The van der Waals surface area contributed by atoms with Gasteiger partial charge >= 0.3 is 5.82 Å². The van der Waals surface area contributed by atoms with Gasteiger partial charge in [-0.2, -0.15) is 0 Å². The largest absolute Gasteiger partial charge is 0.406 e. The van der Waals surface area contributed by atoms with E-state index in [0.717, 1.165) is 18.4 Å². The summed E-state index contributed by atoms with van der Waals surface area (Å²) >= 11 is 0. The fourth-order valence-corrected chi connectivity index (χ4v) is 3.61. The molecule has 6 heteroatoms. The van der Waals surface area contributed by atoms with Gasteiger partial charge in [-0.15, -0.1) is 0 Å². The number of hydrogen-bond donors (Lipinski definition) is 1. The van der Waals surface area contributed by atoms with Crippen molar-refractivity contribution in [2.24, 2.45) is 24.8 Å². The summed E-state index contributed by atoms with van der Waals surface area (Å²) in [5.41, 5.74) is 0. The van der Waals surface area contributed by atoms with Gasteiger partial charge in [0.25, 0.3) is 0 Å². The van der Waals surface area contributed by atoms with E-state index in [1.165, 1.54) is 32.0 Å². The molecule has 1 aromatic heterocycles. The lowest BCUT2D eigenvalue weighted by atomic mass is 9.89. The summed E-state index contributed by atoms with van der Waals surface area (Å²) in [5, 5.41) is 14.1. The van der Waals surface area contributed by atoms with E-state index in [2.05, 4.69) is 10.3 Å². The highest BCUT2D eigenvalue weighted by atomic mass is 16.6. The second-order valence-electron chi connectivity index (χ2n) is 5.60. The number of fused-ring (bicyclic) bond motifs is 2. The molecule has 2 aliphatic carbocycles. The normalized spacial score (nSPS) is 29.7. The number of rotatable bonds is 4. The van der Waals surface area contributed by atoms with Crippen molar-refractivity contribution in [2.45, 2.75) is 25.7 Å². The molecule has 3 unspecified atom stereocenters. The maximum Gasteiger partial charge on any atom is 0.406 e. The summed E-state index contributed by atoms with van der Waals surface area (Å²) in [5.74, 6) is 2.87. The second kappa shape index (κ2) is 4.26. The van der Waals surface area contributed by atoms with Gasteiger partial charge in [-0.1, -0.05) is 6.42 Å². The second-order valence-corrected chi connectivity index (χ2v) is 5.60. The van der Waals surface area contributed by atoms with E-state index in [1.54, 1.807) is 11.6 Å². The Bertz CT molecular complexity index is 471. The Balaban J connectivity index is 1.66. The van der Waals surface area contributed by atoms with Crippen LogP contribution < -0.4 is 5.32 Å². The number of imidazole rings is 1. The monoisotopic (exact) mass is 250 g/mol. The van der Waals surface area contributed by atoms with E-state index >= 15 is 0 Å². The molecule has 6 nitrogen and oxygen atoms in total. The summed E-state index contributed by atoms with van der Waals surface area (Å²) in [6, 6.07) is 0. The molecule has 1 N–H and O–H groups in total. The van der Waals surface area contributed by atoms with Crippen LogP contribution in [0.15, 0.2) is 6.33 Å². The van der Waals surface area contributed by atoms with Crippen molar-refractivity contribution in [2.75, 3.05) is 11.9 Å². The van der Waals surface area contributed by atoms with Crippen molar-refractivity contribution >= 4 is 11.6 Å². The van der Waals surface area contributed by atoms with Crippen LogP contribution in [0.5, 0.6) is 0 Å². The SMILES string of the molecule is Cn1cnc([N+](=O)[O-])c1NCC1CC2CCC1C2. The minimum Gasteiger partial charge on any atom is -0.364 e. The van der Waals surface area contributed by atoms with E-state index in [1.807, 2.05) is 0 Å².